The van der Waals surface area contributed by atoms with Crippen LogP contribution >= 0.6 is 0 Å². The highest BCUT2D eigenvalue weighted by molar-refractivity contribution is 5.87. The number of rotatable bonds is 5. The minimum atomic E-state index is -1.26. The first-order chi connectivity index (χ1) is 8.99. The zero-order valence-electron chi connectivity index (χ0n) is 10.2. The first-order valence-electron chi connectivity index (χ1n) is 5.68. The van der Waals surface area contributed by atoms with Gasteiger partial charge in [-0.15, -0.1) is 5.43 Å². The van der Waals surface area contributed by atoms with Crippen LogP contribution < -0.4 is 5.43 Å². The Hall–Kier alpha value is -2.57. The highest BCUT2D eigenvalue weighted by Gasteiger charge is 2.24. The summed E-state index contributed by atoms with van der Waals surface area (Å²) >= 11 is 0. The summed E-state index contributed by atoms with van der Waals surface area (Å²) in [6.07, 6.45) is 1.73. The molecule has 7 heteroatoms. The van der Waals surface area contributed by atoms with Crippen molar-refractivity contribution in [3.8, 4) is 0 Å². The molecule has 1 aromatic carbocycles. The summed E-state index contributed by atoms with van der Waals surface area (Å²) in [5.41, 5.74) is 4.44. The Kier molecular flexibility index (Phi) is 3.37. The number of fused-ring (bicyclic) bond motifs is 1. The van der Waals surface area contributed by atoms with E-state index in [-0.39, 0.29) is 6.42 Å². The van der Waals surface area contributed by atoms with E-state index < -0.39 is 17.0 Å². The van der Waals surface area contributed by atoms with Gasteiger partial charge in [0, 0.05) is 23.5 Å². The molecule has 2 rings (SSSR count). The quantitative estimate of drug-likeness (QED) is 0.555. The fourth-order valence-corrected chi connectivity index (χ4v) is 2.15. The number of carboxylic acid groups (broad SMARTS) is 1. The lowest BCUT2D eigenvalue weighted by atomic mass is 10.0. The van der Waals surface area contributed by atoms with Crippen LogP contribution in [0.15, 0.2) is 24.4 Å². The number of H-pyrrole nitrogens is 1. The van der Waals surface area contributed by atoms with E-state index in [1.54, 1.807) is 6.20 Å². The smallest absolute Gasteiger partial charge is 0.332 e. The second-order valence-electron chi connectivity index (χ2n) is 4.29. The lowest BCUT2D eigenvalue weighted by molar-refractivity contribution is -0.548. The van der Waals surface area contributed by atoms with Gasteiger partial charge in [0.25, 0.3) is 0 Å². The largest absolute Gasteiger partial charge is 0.480 e. The zero-order valence-corrected chi connectivity index (χ0v) is 10.2. The van der Waals surface area contributed by atoms with Crippen molar-refractivity contribution >= 4 is 16.9 Å². The molecule has 2 aromatic rings. The van der Waals surface area contributed by atoms with Crippen LogP contribution in [-0.2, 0) is 11.2 Å². The number of hydrazine groups is 1. The molecule has 0 bridgehead atoms. The molecule has 1 heterocycles. The van der Waals surface area contributed by atoms with E-state index >= 15 is 0 Å². The van der Waals surface area contributed by atoms with Gasteiger partial charge in [-0.3, -0.25) is 0 Å². The normalized spacial score (nSPS) is 12.3. The number of nitrogens with zero attached hydrogens (tertiary/aromatic N) is 1. The van der Waals surface area contributed by atoms with Gasteiger partial charge in [0.1, 0.15) is 0 Å². The molecular formula is C12H13N3O4. The Labute approximate surface area is 108 Å². The summed E-state index contributed by atoms with van der Waals surface area (Å²) in [6, 6.07) is 4.43. The van der Waals surface area contributed by atoms with Crippen LogP contribution in [-0.4, -0.2) is 27.1 Å². The van der Waals surface area contributed by atoms with Crippen LogP contribution in [0.2, 0.25) is 0 Å². The predicted octanol–water partition coefficient (Wildman–Crippen LogP) is 1.25. The van der Waals surface area contributed by atoms with E-state index in [9.17, 15) is 14.9 Å². The second-order valence-corrected chi connectivity index (χ2v) is 4.29. The minimum absolute atomic E-state index is 0.0428. The van der Waals surface area contributed by atoms with Gasteiger partial charge in [-0.2, -0.15) is 0 Å². The molecule has 0 amide bonds. The third-order valence-electron chi connectivity index (χ3n) is 2.98. The number of nitro groups is 1. The van der Waals surface area contributed by atoms with Crippen molar-refractivity contribution in [3.05, 3.63) is 45.6 Å². The van der Waals surface area contributed by atoms with Crippen LogP contribution in [0.3, 0.4) is 0 Å². The van der Waals surface area contributed by atoms with Crippen molar-refractivity contribution in [3.63, 3.8) is 0 Å². The maximum atomic E-state index is 11.0. The molecule has 0 radical (unpaired) electrons. The molecule has 0 unspecified atom stereocenters. The van der Waals surface area contributed by atoms with Gasteiger partial charge in [0.15, 0.2) is 11.1 Å². The van der Waals surface area contributed by atoms with E-state index in [2.05, 4.69) is 4.98 Å². The SMILES string of the molecule is Cc1cccc2[nH]cc(C[C@H](N[N+](=O)[O-])C(=O)O)c12. The number of carboxylic acids is 1. The molecule has 0 aliphatic rings. The van der Waals surface area contributed by atoms with Gasteiger partial charge in [-0.25, -0.2) is 14.9 Å². The molecule has 3 N–H and O–H groups in total. The molecule has 1 atom stereocenters. The van der Waals surface area contributed by atoms with Crippen molar-refractivity contribution in [1.82, 2.24) is 10.4 Å². The molecule has 7 nitrogen and oxygen atoms in total. The van der Waals surface area contributed by atoms with Crippen LogP contribution in [0.25, 0.3) is 10.9 Å². The molecule has 100 valence electrons. The Morgan fingerprint density at radius 2 is 2.32 bits per heavy atom. The molecule has 0 aliphatic heterocycles. The number of nitrogens with one attached hydrogen (secondary N) is 2. The number of benzene rings is 1. The van der Waals surface area contributed by atoms with Crippen molar-refractivity contribution in [2.45, 2.75) is 19.4 Å². The lowest BCUT2D eigenvalue weighted by Crippen LogP contribution is -2.41. The summed E-state index contributed by atoms with van der Waals surface area (Å²) in [5.74, 6) is -1.25. The molecule has 0 spiro atoms. The number of hydrogen-bond donors (Lipinski definition) is 3. The summed E-state index contributed by atoms with van der Waals surface area (Å²) in [6.45, 7) is 1.91. The van der Waals surface area contributed by atoms with Gasteiger partial charge in [0.05, 0.1) is 0 Å². The standard InChI is InChI=1S/C12H13N3O4/c1-7-3-2-4-9-11(7)8(6-13-9)5-10(12(16)17)14-15(18)19/h2-4,6,10,13-14H,5H2,1H3,(H,16,17)/t10-/m0/s1. The highest BCUT2D eigenvalue weighted by Crippen LogP contribution is 2.23. The van der Waals surface area contributed by atoms with Gasteiger partial charge in [0.2, 0.25) is 0 Å². The number of hydrogen-bond acceptors (Lipinski definition) is 3. The second kappa shape index (κ2) is 4.97. The van der Waals surface area contributed by atoms with E-state index in [1.165, 1.54) is 0 Å². The van der Waals surface area contributed by atoms with Crippen LogP contribution in [0.5, 0.6) is 0 Å². The first kappa shape index (κ1) is 12.9. The third kappa shape index (κ3) is 2.65. The molecular weight excluding hydrogens is 250 g/mol. The monoisotopic (exact) mass is 263 g/mol. The minimum Gasteiger partial charge on any atom is -0.480 e. The topological polar surface area (TPSA) is 108 Å². The summed E-state index contributed by atoms with van der Waals surface area (Å²) in [4.78, 5) is 24.4. The third-order valence-corrected chi connectivity index (χ3v) is 2.98. The first-order valence-corrected chi connectivity index (χ1v) is 5.68. The van der Waals surface area contributed by atoms with Gasteiger partial charge in [-0.1, -0.05) is 12.1 Å². The van der Waals surface area contributed by atoms with Crippen molar-refractivity contribution in [2.75, 3.05) is 0 Å². The Balaban J connectivity index is 2.34. The Morgan fingerprint density at radius 1 is 1.58 bits per heavy atom. The molecule has 0 saturated carbocycles. The van der Waals surface area contributed by atoms with Crippen molar-refractivity contribution in [1.29, 1.82) is 0 Å². The van der Waals surface area contributed by atoms with Gasteiger partial charge in [-0.05, 0) is 24.1 Å². The number of aromatic amines is 1. The van der Waals surface area contributed by atoms with Gasteiger partial charge >= 0.3 is 5.97 Å². The molecule has 1 aromatic heterocycles. The zero-order chi connectivity index (χ0) is 14.0. The van der Waals surface area contributed by atoms with Crippen LogP contribution in [0.1, 0.15) is 11.1 Å². The number of aryl methyl sites for hydroxylation is 1. The van der Waals surface area contributed by atoms with Crippen molar-refractivity contribution < 1.29 is 14.9 Å². The number of carbonyl (C=O) groups is 1. The van der Waals surface area contributed by atoms with Crippen LogP contribution in [0.4, 0.5) is 0 Å². The summed E-state index contributed by atoms with van der Waals surface area (Å²) in [7, 11) is 0. The fourth-order valence-electron chi connectivity index (χ4n) is 2.15. The maximum absolute atomic E-state index is 11.0. The Bertz CT molecular complexity index is 635. The molecule has 0 aliphatic carbocycles. The van der Waals surface area contributed by atoms with E-state index in [0.29, 0.717) is 0 Å². The average molecular weight is 263 g/mol. The summed E-state index contributed by atoms with van der Waals surface area (Å²) in [5, 5.41) is 19.5. The van der Waals surface area contributed by atoms with E-state index in [4.69, 9.17) is 5.11 Å². The fraction of sp³-hybridized carbons (Fsp3) is 0.250. The van der Waals surface area contributed by atoms with Gasteiger partial charge < -0.3 is 10.1 Å². The molecule has 0 fully saturated rings. The Morgan fingerprint density at radius 3 is 2.95 bits per heavy atom. The summed E-state index contributed by atoms with van der Waals surface area (Å²) < 4.78 is 0. The van der Waals surface area contributed by atoms with E-state index in [0.717, 1.165) is 22.0 Å². The number of aliphatic carboxylic acids is 1. The number of aromatic nitrogens is 1. The van der Waals surface area contributed by atoms with Crippen molar-refractivity contribution in [2.24, 2.45) is 0 Å². The highest BCUT2D eigenvalue weighted by atomic mass is 16.7. The maximum Gasteiger partial charge on any atom is 0.332 e. The van der Waals surface area contributed by atoms with Crippen LogP contribution in [0, 0.1) is 17.0 Å². The lowest BCUT2D eigenvalue weighted by Gasteiger charge is -2.09. The molecule has 0 saturated heterocycles. The van der Waals surface area contributed by atoms with E-state index in [1.807, 2.05) is 30.5 Å². The predicted molar refractivity (Wildman–Crippen MR) is 68.3 cm³/mol. The average Bonchev–Trinajstić information content (AvgIpc) is 2.72. The molecule has 19 heavy (non-hydrogen) atoms.